The van der Waals surface area contributed by atoms with Gasteiger partial charge in [0.2, 0.25) is 0 Å². The Balaban J connectivity index is 1.98. The molecule has 0 unspecified atom stereocenters. The molecule has 0 atom stereocenters. The van der Waals surface area contributed by atoms with E-state index < -0.39 is 0 Å². The summed E-state index contributed by atoms with van der Waals surface area (Å²) < 4.78 is 2.04. The monoisotopic (exact) mass is 338 g/mol. The molecule has 3 aromatic rings. The van der Waals surface area contributed by atoms with E-state index in [4.69, 9.17) is 11.6 Å². The summed E-state index contributed by atoms with van der Waals surface area (Å²) in [5.41, 5.74) is 1.92. The SMILES string of the molecule is Clc1cccc2nc(Nc3cccc(Br)c3)sc12. The lowest BCUT2D eigenvalue weighted by Gasteiger charge is -2.01. The van der Waals surface area contributed by atoms with Crippen molar-refractivity contribution in [1.29, 1.82) is 0 Å². The van der Waals surface area contributed by atoms with Gasteiger partial charge in [-0.2, -0.15) is 0 Å². The molecule has 18 heavy (non-hydrogen) atoms. The second-order valence-electron chi connectivity index (χ2n) is 3.74. The third kappa shape index (κ3) is 2.36. The molecule has 0 amide bonds. The van der Waals surface area contributed by atoms with E-state index in [0.29, 0.717) is 0 Å². The van der Waals surface area contributed by atoms with Crippen molar-refractivity contribution in [2.75, 3.05) is 5.32 Å². The Morgan fingerprint density at radius 1 is 1.17 bits per heavy atom. The topological polar surface area (TPSA) is 24.9 Å². The molecule has 90 valence electrons. The lowest BCUT2D eigenvalue weighted by Crippen LogP contribution is -1.88. The number of rotatable bonds is 2. The van der Waals surface area contributed by atoms with Crippen LogP contribution in [0.15, 0.2) is 46.9 Å². The fraction of sp³-hybridized carbons (Fsp3) is 0. The van der Waals surface area contributed by atoms with Gasteiger partial charge in [-0.1, -0.05) is 51.0 Å². The summed E-state index contributed by atoms with van der Waals surface area (Å²) in [5, 5.41) is 4.87. The van der Waals surface area contributed by atoms with E-state index in [9.17, 15) is 0 Å². The zero-order valence-corrected chi connectivity index (χ0v) is 12.3. The highest BCUT2D eigenvalue weighted by atomic mass is 79.9. The third-order valence-corrected chi connectivity index (χ3v) is 4.38. The van der Waals surface area contributed by atoms with E-state index in [1.165, 1.54) is 0 Å². The van der Waals surface area contributed by atoms with Gasteiger partial charge in [0.1, 0.15) is 0 Å². The molecule has 2 nitrogen and oxygen atoms in total. The van der Waals surface area contributed by atoms with Crippen LogP contribution in [0.25, 0.3) is 10.2 Å². The van der Waals surface area contributed by atoms with Gasteiger partial charge in [0, 0.05) is 10.2 Å². The van der Waals surface area contributed by atoms with E-state index in [1.807, 2.05) is 42.5 Å². The molecule has 1 heterocycles. The summed E-state index contributed by atoms with van der Waals surface area (Å²) in [5.74, 6) is 0. The average Bonchev–Trinajstić information content (AvgIpc) is 2.73. The van der Waals surface area contributed by atoms with Crippen molar-refractivity contribution < 1.29 is 0 Å². The van der Waals surface area contributed by atoms with Gasteiger partial charge in [0.25, 0.3) is 0 Å². The molecule has 2 aromatic carbocycles. The van der Waals surface area contributed by atoms with Crippen LogP contribution in [0.1, 0.15) is 0 Å². The highest BCUT2D eigenvalue weighted by molar-refractivity contribution is 9.10. The normalized spacial score (nSPS) is 10.8. The molecule has 5 heteroatoms. The summed E-state index contributed by atoms with van der Waals surface area (Å²) in [6.45, 7) is 0. The predicted molar refractivity (Wildman–Crippen MR) is 82.1 cm³/mol. The largest absolute Gasteiger partial charge is 0.331 e. The average molecular weight is 340 g/mol. The summed E-state index contributed by atoms with van der Waals surface area (Å²) in [4.78, 5) is 4.51. The lowest BCUT2D eigenvalue weighted by atomic mass is 10.3. The minimum atomic E-state index is 0.743. The number of nitrogens with zero attached hydrogens (tertiary/aromatic N) is 1. The molecular weight excluding hydrogens is 332 g/mol. The molecular formula is C13H8BrClN2S. The van der Waals surface area contributed by atoms with Crippen LogP contribution in [0.3, 0.4) is 0 Å². The molecule has 3 rings (SSSR count). The number of benzene rings is 2. The first kappa shape index (κ1) is 12.0. The van der Waals surface area contributed by atoms with Crippen molar-refractivity contribution in [2.24, 2.45) is 0 Å². The fourth-order valence-electron chi connectivity index (χ4n) is 1.66. The number of fused-ring (bicyclic) bond motifs is 1. The number of thiazole rings is 1. The van der Waals surface area contributed by atoms with Crippen molar-refractivity contribution in [3.63, 3.8) is 0 Å². The predicted octanol–water partition coefficient (Wildman–Crippen LogP) is 5.46. The maximum Gasteiger partial charge on any atom is 0.188 e. The summed E-state index contributed by atoms with van der Waals surface area (Å²) in [7, 11) is 0. The molecule has 0 aliphatic rings. The molecule has 0 fully saturated rings. The van der Waals surface area contributed by atoms with Crippen molar-refractivity contribution in [3.8, 4) is 0 Å². The minimum absolute atomic E-state index is 0.743. The molecule has 0 radical (unpaired) electrons. The van der Waals surface area contributed by atoms with Gasteiger partial charge in [-0.15, -0.1) is 0 Å². The number of halogens is 2. The second-order valence-corrected chi connectivity index (χ2v) is 6.06. The van der Waals surface area contributed by atoms with Crippen molar-refractivity contribution >= 4 is 59.9 Å². The smallest absolute Gasteiger partial charge is 0.188 e. The van der Waals surface area contributed by atoms with E-state index >= 15 is 0 Å². The van der Waals surface area contributed by atoms with Crippen molar-refractivity contribution in [2.45, 2.75) is 0 Å². The van der Waals surface area contributed by atoms with Gasteiger partial charge < -0.3 is 5.32 Å². The Hall–Kier alpha value is -1.10. The third-order valence-electron chi connectivity index (χ3n) is 2.44. The summed E-state index contributed by atoms with van der Waals surface area (Å²) in [6, 6.07) is 13.7. The van der Waals surface area contributed by atoms with Gasteiger partial charge in [0.05, 0.1) is 15.2 Å². The standard InChI is InChI=1S/C13H8BrClN2S/c14-8-3-1-4-9(7-8)16-13-17-11-6-2-5-10(15)12(11)18-13/h1-7H,(H,16,17). The van der Waals surface area contributed by atoms with Crippen molar-refractivity contribution in [1.82, 2.24) is 4.98 Å². The Morgan fingerprint density at radius 3 is 2.78 bits per heavy atom. The van der Waals surface area contributed by atoms with Crippen molar-refractivity contribution in [3.05, 3.63) is 52.0 Å². The highest BCUT2D eigenvalue weighted by Gasteiger charge is 2.06. The van der Waals surface area contributed by atoms with Crippen LogP contribution in [-0.4, -0.2) is 4.98 Å². The van der Waals surface area contributed by atoms with Crippen LogP contribution in [0.2, 0.25) is 5.02 Å². The van der Waals surface area contributed by atoms with E-state index in [1.54, 1.807) is 11.3 Å². The van der Waals surface area contributed by atoms with Crippen LogP contribution >= 0.6 is 38.9 Å². The highest BCUT2D eigenvalue weighted by Crippen LogP contribution is 2.33. The van der Waals surface area contributed by atoms with E-state index in [2.05, 4.69) is 26.2 Å². The first-order valence-electron chi connectivity index (χ1n) is 5.30. The van der Waals surface area contributed by atoms with Crippen LogP contribution in [0.4, 0.5) is 10.8 Å². The molecule has 0 spiro atoms. The first-order chi connectivity index (χ1) is 8.72. The quantitative estimate of drug-likeness (QED) is 0.671. The van der Waals surface area contributed by atoms with Crippen LogP contribution in [-0.2, 0) is 0 Å². The molecule has 0 aliphatic carbocycles. The number of aromatic nitrogens is 1. The summed E-state index contributed by atoms with van der Waals surface area (Å²) in [6.07, 6.45) is 0. The Kier molecular flexibility index (Phi) is 3.24. The van der Waals surface area contributed by atoms with Gasteiger partial charge in [-0.05, 0) is 30.3 Å². The van der Waals surface area contributed by atoms with E-state index in [0.717, 1.165) is 30.5 Å². The first-order valence-corrected chi connectivity index (χ1v) is 7.29. The molecule has 0 aliphatic heterocycles. The number of anilines is 2. The molecule has 0 saturated heterocycles. The zero-order valence-electron chi connectivity index (χ0n) is 9.15. The molecule has 1 N–H and O–H groups in total. The van der Waals surface area contributed by atoms with Gasteiger partial charge in [0.15, 0.2) is 5.13 Å². The van der Waals surface area contributed by atoms with Crippen LogP contribution < -0.4 is 5.32 Å². The van der Waals surface area contributed by atoms with Gasteiger partial charge in [-0.25, -0.2) is 4.98 Å². The summed E-state index contributed by atoms with van der Waals surface area (Å²) >= 11 is 11.1. The Labute approximate surface area is 122 Å². The van der Waals surface area contributed by atoms with Crippen LogP contribution in [0, 0.1) is 0 Å². The minimum Gasteiger partial charge on any atom is -0.331 e. The fourth-order valence-corrected chi connectivity index (χ4v) is 3.23. The lowest BCUT2D eigenvalue weighted by molar-refractivity contribution is 1.44. The number of hydrogen-bond acceptors (Lipinski definition) is 3. The zero-order chi connectivity index (χ0) is 12.5. The van der Waals surface area contributed by atoms with Crippen LogP contribution in [0.5, 0.6) is 0 Å². The molecule has 1 aromatic heterocycles. The Bertz CT molecular complexity index is 711. The Morgan fingerprint density at radius 2 is 2.00 bits per heavy atom. The second kappa shape index (κ2) is 4.88. The van der Waals surface area contributed by atoms with Gasteiger partial charge in [-0.3, -0.25) is 0 Å². The molecule has 0 saturated carbocycles. The maximum atomic E-state index is 6.13. The number of nitrogens with one attached hydrogen (secondary N) is 1. The molecule has 0 bridgehead atoms. The van der Waals surface area contributed by atoms with E-state index in [-0.39, 0.29) is 0 Å². The van der Waals surface area contributed by atoms with Gasteiger partial charge >= 0.3 is 0 Å². The maximum absolute atomic E-state index is 6.13. The number of hydrogen-bond donors (Lipinski definition) is 1.